The lowest BCUT2D eigenvalue weighted by Crippen LogP contribution is -2.43. The molecule has 0 unspecified atom stereocenters. The van der Waals surface area contributed by atoms with Gasteiger partial charge in [-0.2, -0.15) is 0 Å². The van der Waals surface area contributed by atoms with Crippen LogP contribution in [0.2, 0.25) is 5.15 Å². The molecular weight excluding hydrogens is 462 g/mol. The lowest BCUT2D eigenvalue weighted by Gasteiger charge is -2.12. The van der Waals surface area contributed by atoms with E-state index < -0.39 is 28.1 Å². The molecule has 5 N–H and O–H groups in total. The largest absolute Gasteiger partial charge is 0.391 e. The molecule has 1 amide bonds. The SMILES string of the molecule is Cc1nc(NC(=O)[C@@H](N)[C@@H](C)O)sc1-c1cnc(Cl)c(NS(=O)(=O)c2ccccc2)c1. The van der Waals surface area contributed by atoms with Gasteiger partial charge in [0.05, 0.1) is 27.3 Å². The van der Waals surface area contributed by atoms with Crippen molar-refractivity contribution in [3.05, 3.63) is 53.4 Å². The normalized spacial score (nSPS) is 13.5. The van der Waals surface area contributed by atoms with Crippen molar-refractivity contribution in [2.24, 2.45) is 5.73 Å². The number of benzene rings is 1. The number of nitrogens with one attached hydrogen (secondary N) is 2. The molecule has 3 aromatic rings. The Bertz CT molecular complexity index is 1200. The van der Waals surface area contributed by atoms with Gasteiger partial charge in [-0.1, -0.05) is 41.1 Å². The van der Waals surface area contributed by atoms with Crippen molar-refractivity contribution in [2.75, 3.05) is 10.0 Å². The Morgan fingerprint density at radius 2 is 1.97 bits per heavy atom. The second kappa shape index (κ2) is 9.28. The van der Waals surface area contributed by atoms with Crippen molar-refractivity contribution < 1.29 is 18.3 Å². The quantitative estimate of drug-likeness (QED) is 0.379. The number of nitrogens with zero attached hydrogens (tertiary/aromatic N) is 2. The van der Waals surface area contributed by atoms with E-state index in [1.54, 1.807) is 31.2 Å². The molecule has 0 radical (unpaired) electrons. The fourth-order valence-electron chi connectivity index (χ4n) is 2.57. The molecule has 2 atom stereocenters. The summed E-state index contributed by atoms with van der Waals surface area (Å²) in [5.41, 5.74) is 6.89. The van der Waals surface area contributed by atoms with Gasteiger partial charge < -0.3 is 16.2 Å². The summed E-state index contributed by atoms with van der Waals surface area (Å²) in [6, 6.07) is 8.33. The molecule has 0 fully saturated rings. The Hall–Kier alpha value is -2.57. The Kier molecular flexibility index (Phi) is 6.92. The number of carbonyl (C=O) groups is 1. The lowest BCUT2D eigenvalue weighted by atomic mass is 10.2. The summed E-state index contributed by atoms with van der Waals surface area (Å²) < 4.78 is 27.7. The highest BCUT2D eigenvalue weighted by Gasteiger charge is 2.22. The number of aromatic nitrogens is 2. The third-order valence-electron chi connectivity index (χ3n) is 4.25. The van der Waals surface area contributed by atoms with Crippen molar-refractivity contribution in [1.82, 2.24) is 9.97 Å². The Balaban J connectivity index is 1.88. The van der Waals surface area contributed by atoms with Gasteiger partial charge in [0.2, 0.25) is 5.91 Å². The van der Waals surface area contributed by atoms with Crippen molar-refractivity contribution >= 4 is 49.7 Å². The van der Waals surface area contributed by atoms with Crippen LogP contribution in [0.25, 0.3) is 10.4 Å². The van der Waals surface area contributed by atoms with Crippen LogP contribution >= 0.6 is 22.9 Å². The average molecular weight is 482 g/mol. The van der Waals surface area contributed by atoms with Crippen molar-refractivity contribution in [2.45, 2.75) is 30.9 Å². The Morgan fingerprint density at radius 3 is 2.61 bits per heavy atom. The van der Waals surface area contributed by atoms with Gasteiger partial charge in [0.1, 0.15) is 6.04 Å². The fraction of sp³-hybridized carbons (Fsp3) is 0.211. The maximum absolute atomic E-state index is 12.6. The van der Waals surface area contributed by atoms with Crippen LogP contribution in [0.5, 0.6) is 0 Å². The summed E-state index contributed by atoms with van der Waals surface area (Å²) in [5.74, 6) is -0.569. The number of halogens is 1. The number of rotatable bonds is 7. The van der Waals surface area contributed by atoms with E-state index in [1.165, 1.54) is 25.3 Å². The van der Waals surface area contributed by atoms with Gasteiger partial charge in [-0.3, -0.25) is 9.52 Å². The summed E-state index contributed by atoms with van der Waals surface area (Å²) >= 11 is 7.27. The molecule has 0 aliphatic rings. The van der Waals surface area contributed by atoms with Gasteiger partial charge in [-0.05, 0) is 32.0 Å². The summed E-state index contributed by atoms with van der Waals surface area (Å²) in [5, 5.41) is 12.3. The van der Waals surface area contributed by atoms with E-state index in [9.17, 15) is 18.3 Å². The Labute approximate surface area is 188 Å². The topological polar surface area (TPSA) is 147 Å². The molecule has 31 heavy (non-hydrogen) atoms. The average Bonchev–Trinajstić information content (AvgIpc) is 3.09. The number of carbonyl (C=O) groups excluding carboxylic acids is 1. The number of aliphatic hydroxyl groups is 1. The molecule has 0 aliphatic heterocycles. The molecule has 2 aromatic heterocycles. The number of thiazole rings is 1. The second-order valence-corrected chi connectivity index (χ2v) is 9.71. The van der Waals surface area contributed by atoms with Crippen LogP contribution in [0, 0.1) is 6.92 Å². The summed E-state index contributed by atoms with van der Waals surface area (Å²) in [6.45, 7) is 3.15. The third-order valence-corrected chi connectivity index (χ3v) is 7.05. The van der Waals surface area contributed by atoms with Gasteiger partial charge in [0.25, 0.3) is 10.0 Å². The second-order valence-electron chi connectivity index (χ2n) is 6.67. The van der Waals surface area contributed by atoms with Crippen molar-refractivity contribution in [3.63, 3.8) is 0 Å². The number of pyridine rings is 1. The maximum atomic E-state index is 12.6. The molecule has 12 heteroatoms. The summed E-state index contributed by atoms with van der Waals surface area (Å²) in [6.07, 6.45) is 0.470. The van der Waals surface area contributed by atoms with Crippen LogP contribution < -0.4 is 15.8 Å². The first-order valence-corrected chi connectivity index (χ1v) is 11.7. The molecule has 0 bridgehead atoms. The van der Waals surface area contributed by atoms with Gasteiger partial charge in [0, 0.05) is 11.8 Å². The first-order valence-electron chi connectivity index (χ1n) is 9.04. The van der Waals surface area contributed by atoms with E-state index >= 15 is 0 Å². The molecule has 1 aromatic carbocycles. The number of aliphatic hydroxyl groups excluding tert-OH is 1. The monoisotopic (exact) mass is 481 g/mol. The molecule has 164 valence electrons. The highest BCUT2D eigenvalue weighted by atomic mass is 35.5. The third kappa shape index (κ3) is 5.38. The molecule has 3 rings (SSSR count). The van der Waals surface area contributed by atoms with E-state index in [0.717, 1.165) is 11.3 Å². The molecule has 0 aliphatic carbocycles. The zero-order chi connectivity index (χ0) is 22.8. The van der Waals surface area contributed by atoms with E-state index in [0.29, 0.717) is 16.1 Å². The molecule has 0 spiro atoms. The number of nitrogens with two attached hydrogens (primary N) is 1. The van der Waals surface area contributed by atoms with Crippen LogP contribution in [0.4, 0.5) is 10.8 Å². The predicted molar refractivity (Wildman–Crippen MR) is 121 cm³/mol. The van der Waals surface area contributed by atoms with E-state index in [1.807, 2.05) is 0 Å². The van der Waals surface area contributed by atoms with Gasteiger partial charge >= 0.3 is 0 Å². The molecule has 0 saturated carbocycles. The van der Waals surface area contributed by atoms with Gasteiger partial charge in [-0.15, -0.1) is 0 Å². The maximum Gasteiger partial charge on any atom is 0.261 e. The van der Waals surface area contributed by atoms with Crippen LogP contribution in [0.1, 0.15) is 12.6 Å². The predicted octanol–water partition coefficient (Wildman–Crippen LogP) is 2.61. The standard InChI is InChI=1S/C19H20ClN5O4S2/c1-10-16(30-19(23-10)24-18(27)15(21)11(2)26)12-8-14(17(20)22-9-12)25-31(28,29)13-6-4-3-5-7-13/h3-9,11,15,25-26H,21H2,1-2H3,(H,23,24,27)/t11-,15+/m1/s1. The number of hydrogen-bond acceptors (Lipinski definition) is 8. The number of anilines is 2. The Morgan fingerprint density at radius 1 is 1.29 bits per heavy atom. The van der Waals surface area contributed by atoms with E-state index in [4.69, 9.17) is 17.3 Å². The van der Waals surface area contributed by atoms with E-state index in [-0.39, 0.29) is 20.9 Å². The number of aryl methyl sites for hydroxylation is 1. The summed E-state index contributed by atoms with van der Waals surface area (Å²) in [7, 11) is -3.85. The van der Waals surface area contributed by atoms with Crippen LogP contribution in [0.15, 0.2) is 47.5 Å². The van der Waals surface area contributed by atoms with Crippen molar-refractivity contribution in [3.8, 4) is 10.4 Å². The number of sulfonamides is 1. The minimum Gasteiger partial charge on any atom is -0.391 e. The van der Waals surface area contributed by atoms with E-state index in [2.05, 4.69) is 20.0 Å². The molecule has 2 heterocycles. The molecule has 9 nitrogen and oxygen atoms in total. The van der Waals surface area contributed by atoms with Gasteiger partial charge in [0.15, 0.2) is 10.3 Å². The first kappa shape index (κ1) is 23.1. The first-order chi connectivity index (χ1) is 14.6. The fourth-order valence-corrected chi connectivity index (χ4v) is 4.81. The highest BCUT2D eigenvalue weighted by Crippen LogP contribution is 2.35. The van der Waals surface area contributed by atoms with Crippen LogP contribution in [0.3, 0.4) is 0 Å². The number of amides is 1. The van der Waals surface area contributed by atoms with Crippen molar-refractivity contribution in [1.29, 1.82) is 0 Å². The zero-order valence-electron chi connectivity index (χ0n) is 16.5. The highest BCUT2D eigenvalue weighted by molar-refractivity contribution is 7.92. The zero-order valence-corrected chi connectivity index (χ0v) is 18.9. The smallest absolute Gasteiger partial charge is 0.261 e. The minimum absolute atomic E-state index is 0.0122. The van der Waals surface area contributed by atoms with Crippen LogP contribution in [-0.2, 0) is 14.8 Å². The van der Waals surface area contributed by atoms with Crippen LogP contribution in [-0.4, -0.2) is 41.5 Å². The minimum atomic E-state index is -3.85. The van der Waals surface area contributed by atoms with Gasteiger partial charge in [-0.25, -0.2) is 18.4 Å². The lowest BCUT2D eigenvalue weighted by molar-refractivity contribution is -0.119. The molecule has 0 saturated heterocycles. The summed E-state index contributed by atoms with van der Waals surface area (Å²) in [4.78, 5) is 21.2. The molecular formula is C19H20ClN5O4S2. The number of hydrogen-bond donors (Lipinski definition) is 4.